The van der Waals surface area contributed by atoms with Crippen molar-refractivity contribution in [3.05, 3.63) is 0 Å². The predicted octanol–water partition coefficient (Wildman–Crippen LogP) is 0.585. The van der Waals surface area contributed by atoms with Crippen molar-refractivity contribution < 1.29 is 18.0 Å². The van der Waals surface area contributed by atoms with Gasteiger partial charge >= 0.3 is 0 Å². The summed E-state index contributed by atoms with van der Waals surface area (Å²) < 4.78 is 25.4. The molecule has 8 heteroatoms. The first-order valence-electron chi connectivity index (χ1n) is 6.74. The third-order valence-electron chi connectivity index (χ3n) is 2.77. The molecule has 0 bridgehead atoms. The molecule has 1 unspecified atom stereocenters. The van der Waals surface area contributed by atoms with Gasteiger partial charge in [-0.3, -0.25) is 14.5 Å². The second-order valence-electron chi connectivity index (χ2n) is 4.97. The minimum Gasteiger partial charge on any atom is -0.280 e. The molecule has 1 fully saturated rings. The summed E-state index contributed by atoms with van der Waals surface area (Å²) in [6, 6.07) is 0. The monoisotopic (exact) mass is 322 g/mol. The first-order valence-corrected chi connectivity index (χ1v) is 9.33. The van der Waals surface area contributed by atoms with E-state index in [9.17, 15) is 18.0 Å². The van der Waals surface area contributed by atoms with Gasteiger partial charge in [0.25, 0.3) is 0 Å². The van der Waals surface area contributed by atoms with Crippen LogP contribution in [-0.4, -0.2) is 54.5 Å². The van der Waals surface area contributed by atoms with Crippen LogP contribution in [0.15, 0.2) is 0 Å². The van der Waals surface area contributed by atoms with E-state index in [2.05, 4.69) is 4.72 Å². The number of amides is 2. The highest BCUT2D eigenvalue weighted by molar-refractivity contribution is 8.01. The van der Waals surface area contributed by atoms with E-state index >= 15 is 0 Å². The molecule has 0 saturated carbocycles. The summed E-state index contributed by atoms with van der Waals surface area (Å²) in [5, 5.41) is -0.0468. The van der Waals surface area contributed by atoms with E-state index in [4.69, 9.17) is 0 Å². The fraction of sp³-hybridized carbons (Fsp3) is 0.833. The van der Waals surface area contributed by atoms with Crippen molar-refractivity contribution in [2.75, 3.05) is 18.8 Å². The van der Waals surface area contributed by atoms with Crippen LogP contribution in [0.4, 0.5) is 0 Å². The Kier molecular flexibility index (Phi) is 6.47. The second kappa shape index (κ2) is 7.42. The largest absolute Gasteiger partial charge is 0.280 e. The normalized spacial score (nSPS) is 20.2. The van der Waals surface area contributed by atoms with Crippen LogP contribution in [0.3, 0.4) is 0 Å². The lowest BCUT2D eigenvalue weighted by Crippen LogP contribution is -2.39. The van der Waals surface area contributed by atoms with Gasteiger partial charge in [-0.05, 0) is 11.7 Å². The van der Waals surface area contributed by atoms with Crippen molar-refractivity contribution in [3.8, 4) is 0 Å². The van der Waals surface area contributed by atoms with E-state index in [0.29, 0.717) is 6.42 Å². The van der Waals surface area contributed by atoms with Crippen molar-refractivity contribution in [2.45, 2.75) is 44.1 Å². The highest BCUT2D eigenvalue weighted by atomic mass is 32.2. The Morgan fingerprint density at radius 1 is 1.40 bits per heavy atom. The second-order valence-corrected chi connectivity index (χ2v) is 8.68. The minimum absolute atomic E-state index is 0.0563. The number of imide groups is 1. The molecule has 0 aromatic carbocycles. The molecule has 2 amide bonds. The van der Waals surface area contributed by atoms with E-state index in [1.807, 2.05) is 13.8 Å². The molecular weight excluding hydrogens is 300 g/mol. The Morgan fingerprint density at radius 3 is 2.60 bits per heavy atom. The fourth-order valence-electron chi connectivity index (χ4n) is 1.98. The number of carbonyl (C=O) groups is 2. The van der Waals surface area contributed by atoms with Crippen LogP contribution in [0.5, 0.6) is 0 Å². The van der Waals surface area contributed by atoms with Gasteiger partial charge in [-0.25, -0.2) is 13.1 Å². The van der Waals surface area contributed by atoms with Crippen molar-refractivity contribution in [3.63, 3.8) is 0 Å². The van der Waals surface area contributed by atoms with Crippen LogP contribution in [0.1, 0.15) is 33.6 Å². The van der Waals surface area contributed by atoms with Crippen molar-refractivity contribution in [1.82, 2.24) is 9.62 Å². The highest BCUT2D eigenvalue weighted by Gasteiger charge is 2.38. The summed E-state index contributed by atoms with van der Waals surface area (Å²) in [7, 11) is -3.30. The summed E-state index contributed by atoms with van der Waals surface area (Å²) in [6.45, 7) is 5.92. The molecule has 1 saturated heterocycles. The third kappa shape index (κ3) is 5.06. The average molecular weight is 322 g/mol. The van der Waals surface area contributed by atoms with Crippen LogP contribution in [0.2, 0.25) is 0 Å². The van der Waals surface area contributed by atoms with Gasteiger partial charge in [0.1, 0.15) is 0 Å². The van der Waals surface area contributed by atoms with Gasteiger partial charge in [0, 0.05) is 19.5 Å². The molecule has 1 rings (SSSR count). The van der Waals surface area contributed by atoms with E-state index in [-0.39, 0.29) is 47.6 Å². The predicted molar refractivity (Wildman–Crippen MR) is 79.9 cm³/mol. The van der Waals surface area contributed by atoms with Gasteiger partial charge in [0.2, 0.25) is 21.8 Å². The molecule has 1 atom stereocenters. The maximum atomic E-state index is 12.0. The number of hydrogen-bond donors (Lipinski definition) is 1. The molecule has 1 N–H and O–H groups in total. The lowest BCUT2D eigenvalue weighted by molar-refractivity contribution is -0.138. The summed E-state index contributed by atoms with van der Waals surface area (Å²) in [6.07, 6.45) is 0.743. The Hall–Kier alpha value is -0.600. The van der Waals surface area contributed by atoms with Crippen LogP contribution < -0.4 is 4.72 Å². The van der Waals surface area contributed by atoms with Crippen molar-refractivity contribution >= 4 is 33.6 Å². The number of nitrogens with zero attached hydrogens (tertiary/aromatic N) is 1. The number of thioether (sulfide) groups is 1. The summed E-state index contributed by atoms with van der Waals surface area (Å²) in [5.41, 5.74) is 0. The van der Waals surface area contributed by atoms with E-state index in [1.165, 1.54) is 11.8 Å². The Labute approximate surface area is 124 Å². The number of hydrogen-bond acceptors (Lipinski definition) is 5. The fourth-order valence-corrected chi connectivity index (χ4v) is 4.20. The standard InChI is InChI=1S/C12H22N2O4S2/c1-4-7-20(17,18)13-5-6-14-11(15)8-10(12(14)16)19-9(2)3/h9-10,13H,4-8H2,1-3H3. The first kappa shape index (κ1) is 17.5. The van der Waals surface area contributed by atoms with Gasteiger partial charge in [-0.15, -0.1) is 11.8 Å². The molecule has 20 heavy (non-hydrogen) atoms. The smallest absolute Gasteiger partial charge is 0.242 e. The Balaban J connectivity index is 2.48. The molecule has 1 aliphatic rings. The van der Waals surface area contributed by atoms with Crippen LogP contribution >= 0.6 is 11.8 Å². The Morgan fingerprint density at radius 2 is 2.05 bits per heavy atom. The summed E-state index contributed by atoms with van der Waals surface area (Å²) in [4.78, 5) is 25.0. The van der Waals surface area contributed by atoms with Crippen molar-refractivity contribution in [1.29, 1.82) is 0 Å². The zero-order valence-corrected chi connectivity index (χ0v) is 13.7. The van der Waals surface area contributed by atoms with E-state index < -0.39 is 10.0 Å². The van der Waals surface area contributed by atoms with Gasteiger partial charge in [-0.1, -0.05) is 20.8 Å². The van der Waals surface area contributed by atoms with Gasteiger partial charge in [0.05, 0.1) is 11.0 Å². The van der Waals surface area contributed by atoms with Crippen LogP contribution in [-0.2, 0) is 19.6 Å². The Bertz CT molecular complexity index is 462. The number of sulfonamides is 1. The number of rotatable bonds is 8. The van der Waals surface area contributed by atoms with E-state index in [1.54, 1.807) is 6.92 Å². The third-order valence-corrected chi connectivity index (χ3v) is 5.60. The number of likely N-dealkylation sites (tertiary alicyclic amines) is 1. The molecule has 1 heterocycles. The van der Waals surface area contributed by atoms with Gasteiger partial charge in [-0.2, -0.15) is 0 Å². The van der Waals surface area contributed by atoms with Crippen LogP contribution in [0.25, 0.3) is 0 Å². The highest BCUT2D eigenvalue weighted by Crippen LogP contribution is 2.27. The maximum Gasteiger partial charge on any atom is 0.242 e. The quantitative estimate of drug-likeness (QED) is 0.661. The zero-order chi connectivity index (χ0) is 15.3. The minimum atomic E-state index is -3.30. The van der Waals surface area contributed by atoms with Gasteiger partial charge in [0.15, 0.2) is 0 Å². The lowest BCUT2D eigenvalue weighted by atomic mass is 10.4. The number of nitrogens with one attached hydrogen (secondary N) is 1. The zero-order valence-electron chi connectivity index (χ0n) is 12.1. The molecule has 0 aromatic heterocycles. The van der Waals surface area contributed by atoms with Crippen molar-refractivity contribution in [2.24, 2.45) is 0 Å². The molecule has 0 aliphatic carbocycles. The molecule has 0 aromatic rings. The van der Waals surface area contributed by atoms with Gasteiger partial charge < -0.3 is 0 Å². The molecule has 116 valence electrons. The SMILES string of the molecule is CCCS(=O)(=O)NCCN1C(=O)CC(SC(C)C)C1=O. The molecule has 6 nitrogen and oxygen atoms in total. The average Bonchev–Trinajstić information content (AvgIpc) is 2.55. The van der Waals surface area contributed by atoms with Crippen LogP contribution in [0, 0.1) is 0 Å². The molecule has 1 aliphatic heterocycles. The summed E-state index contributed by atoms with van der Waals surface area (Å²) >= 11 is 1.47. The van der Waals surface area contributed by atoms with E-state index in [0.717, 1.165) is 4.90 Å². The lowest BCUT2D eigenvalue weighted by Gasteiger charge is -2.16. The first-order chi connectivity index (χ1) is 9.26. The summed E-state index contributed by atoms with van der Waals surface area (Å²) in [5.74, 6) is -0.369. The molecule has 0 spiro atoms. The number of carbonyl (C=O) groups excluding carboxylic acids is 2. The maximum absolute atomic E-state index is 12.0. The molecule has 0 radical (unpaired) electrons. The topological polar surface area (TPSA) is 83.6 Å². The molecular formula is C12H22N2O4S2.